The number of primary amides is 1. The van der Waals surface area contributed by atoms with Crippen molar-refractivity contribution in [2.45, 2.75) is 18.0 Å². The van der Waals surface area contributed by atoms with E-state index in [1.807, 2.05) is 0 Å². The Morgan fingerprint density at radius 2 is 2.12 bits per heavy atom. The summed E-state index contributed by atoms with van der Waals surface area (Å²) in [4.78, 5) is 15.5. The van der Waals surface area contributed by atoms with Gasteiger partial charge in [-0.3, -0.25) is 9.78 Å². The summed E-state index contributed by atoms with van der Waals surface area (Å²) in [7, 11) is -2.33. The second-order valence-electron chi connectivity index (χ2n) is 5.75. The molecule has 3 rings (SSSR count). The maximum atomic E-state index is 13.1. The van der Waals surface area contributed by atoms with E-state index in [2.05, 4.69) is 4.98 Å². The van der Waals surface area contributed by atoms with Crippen LogP contribution in [0.1, 0.15) is 21.8 Å². The van der Waals surface area contributed by atoms with Gasteiger partial charge in [-0.05, 0) is 29.8 Å². The molecule has 0 unspecified atom stereocenters. The molecule has 0 aliphatic heterocycles. The predicted octanol–water partition coefficient (Wildman–Crippen LogP) is 1.50. The number of amides is 1. The summed E-state index contributed by atoms with van der Waals surface area (Å²) < 4.78 is 34.3. The summed E-state index contributed by atoms with van der Waals surface area (Å²) in [5.41, 5.74) is 6.13. The lowest BCUT2D eigenvalue weighted by atomic mass is 10.3. The third-order valence-corrected chi connectivity index (χ3v) is 5.62. The molecule has 0 aliphatic rings. The molecule has 26 heavy (non-hydrogen) atoms. The van der Waals surface area contributed by atoms with E-state index in [0.29, 0.717) is 5.76 Å². The highest BCUT2D eigenvalue weighted by Gasteiger charge is 2.28. The Balaban J connectivity index is 1.98. The van der Waals surface area contributed by atoms with E-state index >= 15 is 0 Å². The summed E-state index contributed by atoms with van der Waals surface area (Å²) in [6.07, 6.45) is 6.07. The SMILES string of the molecule is Cn1cc(S(=O)(=O)N(Cc2cccnc2)Cc2ccco2)cc1C(N)=O. The Hall–Kier alpha value is -2.91. The standard InChI is InChI=1S/C17H18N4O4S/c1-20-12-15(8-16(20)17(18)22)26(23,24)21(11-14-5-3-7-25-14)10-13-4-2-6-19-9-13/h2-9,12H,10-11H2,1H3,(H2,18,22). The zero-order valence-corrected chi connectivity index (χ0v) is 14.9. The van der Waals surface area contributed by atoms with Crippen LogP contribution in [0.3, 0.4) is 0 Å². The zero-order chi connectivity index (χ0) is 18.7. The second kappa shape index (κ2) is 7.14. The predicted molar refractivity (Wildman–Crippen MR) is 93.3 cm³/mol. The van der Waals surface area contributed by atoms with E-state index < -0.39 is 15.9 Å². The maximum absolute atomic E-state index is 13.1. The van der Waals surface area contributed by atoms with Gasteiger partial charge in [-0.1, -0.05) is 6.07 Å². The lowest BCUT2D eigenvalue weighted by Crippen LogP contribution is -2.30. The molecule has 0 atom stereocenters. The Morgan fingerprint density at radius 3 is 2.69 bits per heavy atom. The van der Waals surface area contributed by atoms with Crippen molar-refractivity contribution in [3.63, 3.8) is 0 Å². The maximum Gasteiger partial charge on any atom is 0.265 e. The molecule has 0 spiro atoms. The first-order valence-electron chi connectivity index (χ1n) is 7.75. The van der Waals surface area contributed by atoms with Gasteiger partial charge in [-0.25, -0.2) is 8.42 Å². The zero-order valence-electron chi connectivity index (χ0n) is 14.1. The van der Waals surface area contributed by atoms with Crippen molar-refractivity contribution >= 4 is 15.9 Å². The van der Waals surface area contributed by atoms with Crippen LogP contribution in [-0.2, 0) is 30.2 Å². The summed E-state index contributed by atoms with van der Waals surface area (Å²) in [5, 5.41) is 0. The molecule has 9 heteroatoms. The highest BCUT2D eigenvalue weighted by Crippen LogP contribution is 2.23. The van der Waals surface area contributed by atoms with Crippen molar-refractivity contribution < 1.29 is 17.6 Å². The fourth-order valence-corrected chi connectivity index (χ4v) is 4.03. The van der Waals surface area contributed by atoms with E-state index in [4.69, 9.17) is 10.2 Å². The summed E-state index contributed by atoms with van der Waals surface area (Å²) >= 11 is 0. The van der Waals surface area contributed by atoms with Crippen LogP contribution in [0.4, 0.5) is 0 Å². The minimum Gasteiger partial charge on any atom is -0.468 e. The van der Waals surface area contributed by atoms with Gasteiger partial charge in [0.25, 0.3) is 5.91 Å². The first kappa shape index (κ1) is 17.9. The second-order valence-corrected chi connectivity index (χ2v) is 7.69. The number of aromatic nitrogens is 2. The van der Waals surface area contributed by atoms with Crippen molar-refractivity contribution in [2.75, 3.05) is 0 Å². The molecule has 3 aromatic rings. The number of pyridine rings is 1. The summed E-state index contributed by atoms with van der Waals surface area (Å²) in [5.74, 6) is -0.192. The van der Waals surface area contributed by atoms with Crippen LogP contribution in [-0.4, -0.2) is 28.2 Å². The van der Waals surface area contributed by atoms with Gasteiger partial charge in [0.15, 0.2) is 0 Å². The quantitative estimate of drug-likeness (QED) is 0.674. The topological polar surface area (TPSA) is 111 Å². The number of nitrogens with two attached hydrogens (primary N) is 1. The van der Waals surface area contributed by atoms with Crippen molar-refractivity contribution in [3.05, 3.63) is 72.2 Å². The molecule has 0 saturated heterocycles. The van der Waals surface area contributed by atoms with Crippen molar-refractivity contribution in [3.8, 4) is 0 Å². The lowest BCUT2D eigenvalue weighted by Gasteiger charge is -2.20. The molecule has 0 radical (unpaired) electrons. The number of hydrogen-bond donors (Lipinski definition) is 1. The highest BCUT2D eigenvalue weighted by atomic mass is 32.2. The van der Waals surface area contributed by atoms with Crippen LogP contribution >= 0.6 is 0 Å². The molecule has 3 aromatic heterocycles. The smallest absolute Gasteiger partial charge is 0.265 e. The number of carbonyl (C=O) groups excluding carboxylic acids is 1. The van der Waals surface area contributed by atoms with E-state index in [-0.39, 0.29) is 23.7 Å². The van der Waals surface area contributed by atoms with Crippen LogP contribution in [0.2, 0.25) is 0 Å². The molecule has 3 heterocycles. The number of rotatable bonds is 7. The van der Waals surface area contributed by atoms with Crippen molar-refractivity contribution in [1.29, 1.82) is 0 Å². The van der Waals surface area contributed by atoms with Gasteiger partial charge in [-0.2, -0.15) is 4.31 Å². The fraction of sp³-hybridized carbons (Fsp3) is 0.176. The van der Waals surface area contributed by atoms with Crippen molar-refractivity contribution in [1.82, 2.24) is 13.9 Å². The summed E-state index contributed by atoms with van der Waals surface area (Å²) in [6.45, 7) is 0.155. The first-order chi connectivity index (χ1) is 12.4. The normalized spacial score (nSPS) is 11.8. The van der Waals surface area contributed by atoms with Gasteiger partial charge in [-0.15, -0.1) is 0 Å². The van der Waals surface area contributed by atoms with Gasteiger partial charge in [0.2, 0.25) is 10.0 Å². The van der Waals surface area contributed by atoms with Gasteiger partial charge in [0, 0.05) is 32.2 Å². The number of furan rings is 1. The van der Waals surface area contributed by atoms with Gasteiger partial charge in [0.05, 0.1) is 12.8 Å². The minimum atomic E-state index is -3.89. The van der Waals surface area contributed by atoms with E-state index in [1.54, 1.807) is 43.7 Å². The molecular formula is C17H18N4O4S. The molecule has 0 aromatic carbocycles. The van der Waals surface area contributed by atoms with Crippen LogP contribution in [0.15, 0.2) is 64.5 Å². The number of sulfonamides is 1. The van der Waals surface area contributed by atoms with E-state index in [1.165, 1.54) is 27.4 Å². The molecule has 0 aliphatic carbocycles. The Morgan fingerprint density at radius 1 is 1.31 bits per heavy atom. The molecule has 1 amide bonds. The monoisotopic (exact) mass is 374 g/mol. The average Bonchev–Trinajstić information content (AvgIpc) is 3.25. The summed E-state index contributed by atoms with van der Waals surface area (Å²) in [6, 6.07) is 8.19. The third-order valence-electron chi connectivity index (χ3n) is 3.86. The Labute approximate surface area is 150 Å². The Bertz CT molecular complexity index is 995. The number of carbonyl (C=O) groups is 1. The van der Waals surface area contributed by atoms with Crippen LogP contribution in [0, 0.1) is 0 Å². The molecular weight excluding hydrogens is 356 g/mol. The fourth-order valence-electron chi connectivity index (χ4n) is 2.57. The van der Waals surface area contributed by atoms with Crippen LogP contribution < -0.4 is 5.73 Å². The first-order valence-corrected chi connectivity index (χ1v) is 9.19. The average molecular weight is 374 g/mol. The minimum absolute atomic E-state index is 0.00996. The molecule has 136 valence electrons. The third kappa shape index (κ3) is 3.68. The number of aryl methyl sites for hydroxylation is 1. The van der Waals surface area contributed by atoms with Gasteiger partial charge in [0.1, 0.15) is 16.3 Å². The molecule has 2 N–H and O–H groups in total. The van der Waals surface area contributed by atoms with Crippen LogP contribution in [0.25, 0.3) is 0 Å². The van der Waals surface area contributed by atoms with Crippen molar-refractivity contribution in [2.24, 2.45) is 12.8 Å². The van der Waals surface area contributed by atoms with Crippen LogP contribution in [0.5, 0.6) is 0 Å². The van der Waals surface area contributed by atoms with Gasteiger partial charge < -0.3 is 14.7 Å². The largest absolute Gasteiger partial charge is 0.468 e. The molecule has 0 bridgehead atoms. The molecule has 8 nitrogen and oxygen atoms in total. The molecule has 0 fully saturated rings. The number of hydrogen-bond acceptors (Lipinski definition) is 5. The van der Waals surface area contributed by atoms with Gasteiger partial charge >= 0.3 is 0 Å². The lowest BCUT2D eigenvalue weighted by molar-refractivity contribution is 0.0992. The van der Waals surface area contributed by atoms with E-state index in [9.17, 15) is 13.2 Å². The molecule has 0 saturated carbocycles. The highest BCUT2D eigenvalue weighted by molar-refractivity contribution is 7.89. The van der Waals surface area contributed by atoms with E-state index in [0.717, 1.165) is 5.56 Å². The number of nitrogens with zero attached hydrogens (tertiary/aromatic N) is 3. The Kier molecular flexibility index (Phi) is 4.92.